The zero-order valence-electron chi connectivity index (χ0n) is 5.21. The molecule has 0 aliphatic carbocycles. The first kappa shape index (κ1) is 7.27. The van der Waals surface area contributed by atoms with Gasteiger partial charge in [-0.2, -0.15) is 4.98 Å². The number of nitrogens with zero attached hydrogens (tertiary/aromatic N) is 2. The molecule has 0 amide bonds. The number of halogens is 1. The molecule has 4 N–H and O–H groups in total. The van der Waals surface area contributed by atoms with E-state index in [0.29, 0.717) is 11.1 Å². The van der Waals surface area contributed by atoms with Crippen molar-refractivity contribution in [1.82, 2.24) is 9.97 Å². The minimum absolute atomic E-state index is 0.210. The third-order valence-corrected chi connectivity index (χ3v) is 1.66. The van der Waals surface area contributed by atoms with Crippen LogP contribution >= 0.6 is 15.9 Å². The molecule has 1 aromatic heterocycles. The number of alkyl halides is 1. The van der Waals surface area contributed by atoms with E-state index in [4.69, 9.17) is 11.5 Å². The van der Waals surface area contributed by atoms with Crippen LogP contribution in [0.4, 0.5) is 11.8 Å². The summed E-state index contributed by atoms with van der Waals surface area (Å²) in [6.45, 7) is 0. The Morgan fingerprint density at radius 3 is 2.70 bits per heavy atom. The van der Waals surface area contributed by atoms with Gasteiger partial charge in [-0.05, 0) is 0 Å². The lowest BCUT2D eigenvalue weighted by Gasteiger charge is -1.98. The van der Waals surface area contributed by atoms with Crippen LogP contribution < -0.4 is 11.5 Å². The molecule has 54 valence electrons. The van der Waals surface area contributed by atoms with Crippen molar-refractivity contribution in [2.45, 2.75) is 5.33 Å². The van der Waals surface area contributed by atoms with Gasteiger partial charge in [0.1, 0.15) is 5.82 Å². The van der Waals surface area contributed by atoms with E-state index in [1.54, 1.807) is 6.20 Å². The van der Waals surface area contributed by atoms with Crippen LogP contribution in [0.3, 0.4) is 0 Å². The van der Waals surface area contributed by atoms with Crippen molar-refractivity contribution in [3.05, 3.63) is 11.8 Å². The normalized spacial score (nSPS) is 9.70. The summed E-state index contributed by atoms with van der Waals surface area (Å²) in [6, 6.07) is 0. The molecular weight excluding hydrogens is 196 g/mol. The van der Waals surface area contributed by atoms with Crippen LogP contribution in [0.1, 0.15) is 5.56 Å². The van der Waals surface area contributed by atoms with Crippen LogP contribution in [0, 0.1) is 0 Å². The minimum atomic E-state index is 0.210. The Kier molecular flexibility index (Phi) is 2.06. The lowest BCUT2D eigenvalue weighted by Crippen LogP contribution is -2.01. The van der Waals surface area contributed by atoms with E-state index in [1.807, 2.05) is 0 Å². The smallest absolute Gasteiger partial charge is 0.221 e. The van der Waals surface area contributed by atoms with Crippen LogP contribution in [0.25, 0.3) is 0 Å². The molecule has 0 aliphatic heterocycles. The summed E-state index contributed by atoms with van der Waals surface area (Å²) in [5.74, 6) is 0.645. The first-order valence-corrected chi connectivity index (χ1v) is 3.79. The molecule has 0 saturated carbocycles. The third-order valence-electron chi connectivity index (χ3n) is 1.06. The van der Waals surface area contributed by atoms with Crippen LogP contribution in [-0.2, 0) is 5.33 Å². The Morgan fingerprint density at radius 2 is 2.20 bits per heavy atom. The molecule has 0 spiro atoms. The topological polar surface area (TPSA) is 77.8 Å². The van der Waals surface area contributed by atoms with Crippen LogP contribution in [0.2, 0.25) is 0 Å². The molecule has 0 fully saturated rings. The van der Waals surface area contributed by atoms with Gasteiger partial charge in [-0.1, -0.05) is 15.9 Å². The maximum absolute atomic E-state index is 5.47. The van der Waals surface area contributed by atoms with Crippen molar-refractivity contribution in [2.24, 2.45) is 0 Å². The average Bonchev–Trinajstić information content (AvgIpc) is 1.88. The van der Waals surface area contributed by atoms with E-state index in [-0.39, 0.29) is 5.95 Å². The molecule has 0 saturated heterocycles. The van der Waals surface area contributed by atoms with Crippen LogP contribution in [0.5, 0.6) is 0 Å². The number of nitrogens with two attached hydrogens (primary N) is 2. The molecule has 10 heavy (non-hydrogen) atoms. The minimum Gasteiger partial charge on any atom is -0.383 e. The van der Waals surface area contributed by atoms with Gasteiger partial charge in [-0.3, -0.25) is 0 Å². The Morgan fingerprint density at radius 1 is 1.50 bits per heavy atom. The van der Waals surface area contributed by atoms with Gasteiger partial charge >= 0.3 is 0 Å². The van der Waals surface area contributed by atoms with Crippen LogP contribution in [-0.4, -0.2) is 9.97 Å². The molecule has 1 aromatic rings. The standard InChI is InChI=1S/C5H7BrN4/c6-1-3-2-9-5(8)10-4(3)7/h2H,1H2,(H4,7,8,9,10). The van der Waals surface area contributed by atoms with E-state index in [1.165, 1.54) is 0 Å². The highest BCUT2D eigenvalue weighted by atomic mass is 79.9. The van der Waals surface area contributed by atoms with Gasteiger partial charge in [0.2, 0.25) is 5.95 Å². The fourth-order valence-corrected chi connectivity index (χ4v) is 0.969. The molecule has 1 heterocycles. The van der Waals surface area contributed by atoms with Crippen molar-refractivity contribution in [3.63, 3.8) is 0 Å². The zero-order chi connectivity index (χ0) is 7.56. The SMILES string of the molecule is Nc1ncc(CBr)c(N)n1. The van der Waals surface area contributed by atoms with E-state index in [0.717, 1.165) is 5.56 Å². The molecule has 5 heteroatoms. The number of nitrogen functional groups attached to an aromatic ring is 2. The second kappa shape index (κ2) is 2.83. The molecule has 1 rings (SSSR count). The molecular formula is C5H7BrN4. The maximum Gasteiger partial charge on any atom is 0.221 e. The monoisotopic (exact) mass is 202 g/mol. The predicted octanol–water partition coefficient (Wildman–Crippen LogP) is 0.536. The Labute approximate surface area is 66.8 Å². The van der Waals surface area contributed by atoms with Crippen molar-refractivity contribution in [2.75, 3.05) is 11.5 Å². The first-order valence-electron chi connectivity index (χ1n) is 2.67. The predicted molar refractivity (Wildman–Crippen MR) is 43.5 cm³/mol. The molecule has 0 atom stereocenters. The second-order valence-electron chi connectivity index (χ2n) is 1.77. The highest BCUT2D eigenvalue weighted by Crippen LogP contribution is 2.11. The summed E-state index contributed by atoms with van der Waals surface area (Å²) < 4.78 is 0. The third kappa shape index (κ3) is 1.36. The number of rotatable bonds is 1. The number of anilines is 2. The summed E-state index contributed by atoms with van der Waals surface area (Å²) in [6.07, 6.45) is 1.60. The van der Waals surface area contributed by atoms with Crippen molar-refractivity contribution >= 4 is 27.7 Å². The fraction of sp³-hybridized carbons (Fsp3) is 0.200. The average molecular weight is 203 g/mol. The van der Waals surface area contributed by atoms with Gasteiger partial charge in [0.25, 0.3) is 0 Å². The fourth-order valence-electron chi connectivity index (χ4n) is 0.537. The van der Waals surface area contributed by atoms with E-state index in [9.17, 15) is 0 Å². The van der Waals surface area contributed by atoms with Crippen LogP contribution in [0.15, 0.2) is 6.20 Å². The summed E-state index contributed by atoms with van der Waals surface area (Å²) in [7, 11) is 0. The molecule has 0 aliphatic rings. The van der Waals surface area contributed by atoms with E-state index in [2.05, 4.69) is 25.9 Å². The number of hydrogen-bond acceptors (Lipinski definition) is 4. The maximum atomic E-state index is 5.47. The Bertz CT molecular complexity index is 237. The summed E-state index contributed by atoms with van der Waals surface area (Å²) in [4.78, 5) is 7.53. The van der Waals surface area contributed by atoms with Crippen molar-refractivity contribution < 1.29 is 0 Å². The number of aromatic nitrogens is 2. The lowest BCUT2D eigenvalue weighted by atomic mass is 10.4. The summed E-state index contributed by atoms with van der Waals surface area (Å²) in [5.41, 5.74) is 11.6. The zero-order valence-corrected chi connectivity index (χ0v) is 6.80. The summed E-state index contributed by atoms with van der Waals surface area (Å²) in [5, 5.41) is 0.652. The molecule has 0 aromatic carbocycles. The van der Waals surface area contributed by atoms with Gasteiger partial charge in [0, 0.05) is 17.1 Å². The van der Waals surface area contributed by atoms with E-state index >= 15 is 0 Å². The van der Waals surface area contributed by atoms with Gasteiger partial charge in [-0.25, -0.2) is 4.98 Å². The molecule has 0 bridgehead atoms. The molecule has 0 unspecified atom stereocenters. The van der Waals surface area contributed by atoms with Gasteiger partial charge in [0.05, 0.1) is 0 Å². The highest BCUT2D eigenvalue weighted by Gasteiger charge is 1.98. The van der Waals surface area contributed by atoms with E-state index < -0.39 is 0 Å². The Balaban J connectivity index is 3.07. The lowest BCUT2D eigenvalue weighted by molar-refractivity contribution is 1.15. The summed E-state index contributed by atoms with van der Waals surface area (Å²) >= 11 is 3.23. The number of hydrogen-bond donors (Lipinski definition) is 2. The first-order chi connectivity index (χ1) is 4.74. The van der Waals surface area contributed by atoms with Crippen molar-refractivity contribution in [1.29, 1.82) is 0 Å². The largest absolute Gasteiger partial charge is 0.383 e. The van der Waals surface area contributed by atoms with Gasteiger partial charge < -0.3 is 11.5 Å². The van der Waals surface area contributed by atoms with Gasteiger partial charge in [0.15, 0.2) is 0 Å². The quantitative estimate of drug-likeness (QED) is 0.652. The Hall–Kier alpha value is -0.840. The second-order valence-corrected chi connectivity index (χ2v) is 2.33. The van der Waals surface area contributed by atoms with Crippen molar-refractivity contribution in [3.8, 4) is 0 Å². The highest BCUT2D eigenvalue weighted by molar-refractivity contribution is 9.08. The van der Waals surface area contributed by atoms with Gasteiger partial charge in [-0.15, -0.1) is 0 Å². The molecule has 0 radical (unpaired) electrons. The molecule has 4 nitrogen and oxygen atoms in total.